The van der Waals surface area contributed by atoms with E-state index in [4.69, 9.17) is 4.74 Å². The molecule has 2 rings (SSSR count). The third kappa shape index (κ3) is 6.60. The van der Waals surface area contributed by atoms with Crippen molar-refractivity contribution in [2.75, 3.05) is 5.75 Å². The lowest BCUT2D eigenvalue weighted by atomic mass is 10.2. The van der Waals surface area contributed by atoms with Crippen LogP contribution in [0.25, 0.3) is 0 Å². The fraction of sp³-hybridized carbons (Fsp3) is 0.211. The van der Waals surface area contributed by atoms with Crippen molar-refractivity contribution in [2.45, 2.75) is 24.3 Å². The molecule has 0 aliphatic heterocycles. The summed E-state index contributed by atoms with van der Waals surface area (Å²) >= 11 is 1.54. The second-order valence-corrected chi connectivity index (χ2v) is 6.52. The first-order valence-corrected chi connectivity index (χ1v) is 9.07. The molecule has 1 atom stereocenters. The van der Waals surface area contributed by atoms with E-state index in [1.54, 1.807) is 30.3 Å². The summed E-state index contributed by atoms with van der Waals surface area (Å²) in [6.45, 7) is 1.45. The minimum Gasteiger partial charge on any atom is -0.452 e. The molecule has 0 saturated heterocycles. The first-order chi connectivity index (χ1) is 12.6. The molecule has 2 aromatic rings. The van der Waals surface area contributed by atoms with Crippen LogP contribution in [0.5, 0.6) is 0 Å². The molecule has 7 heteroatoms. The Kier molecular flexibility index (Phi) is 7.70. The number of hydrogen-bond acceptors (Lipinski definition) is 5. The van der Waals surface area contributed by atoms with Crippen molar-refractivity contribution in [3.63, 3.8) is 0 Å². The van der Waals surface area contributed by atoms with Gasteiger partial charge in [-0.1, -0.05) is 36.4 Å². The van der Waals surface area contributed by atoms with E-state index in [2.05, 4.69) is 10.9 Å². The summed E-state index contributed by atoms with van der Waals surface area (Å²) in [5.41, 5.74) is 4.94. The number of carbonyl (C=O) groups is 3. The maximum atomic E-state index is 11.9. The van der Waals surface area contributed by atoms with Gasteiger partial charge < -0.3 is 4.74 Å². The van der Waals surface area contributed by atoms with Crippen LogP contribution in [0.2, 0.25) is 0 Å². The van der Waals surface area contributed by atoms with E-state index in [-0.39, 0.29) is 6.42 Å². The molecule has 0 aliphatic carbocycles. The highest BCUT2D eigenvalue weighted by molar-refractivity contribution is 7.99. The second kappa shape index (κ2) is 10.2. The molecule has 0 radical (unpaired) electrons. The minimum atomic E-state index is -1.000. The predicted molar refractivity (Wildman–Crippen MR) is 99.4 cm³/mol. The Bertz CT molecular complexity index is 738. The summed E-state index contributed by atoms with van der Waals surface area (Å²) < 4.78 is 5.07. The molecule has 0 saturated carbocycles. The van der Waals surface area contributed by atoms with Crippen LogP contribution in [0.3, 0.4) is 0 Å². The van der Waals surface area contributed by atoms with E-state index < -0.39 is 23.9 Å². The summed E-state index contributed by atoms with van der Waals surface area (Å²) in [6, 6.07) is 18.2. The van der Waals surface area contributed by atoms with Gasteiger partial charge in [-0.3, -0.25) is 25.2 Å². The molecule has 0 aliphatic rings. The minimum absolute atomic E-state index is 0.188. The van der Waals surface area contributed by atoms with Gasteiger partial charge in [0, 0.05) is 16.2 Å². The highest BCUT2D eigenvalue weighted by Crippen LogP contribution is 2.17. The summed E-state index contributed by atoms with van der Waals surface area (Å²) in [7, 11) is 0. The van der Waals surface area contributed by atoms with Gasteiger partial charge in [0.2, 0.25) is 0 Å². The number of hydrogen-bond donors (Lipinski definition) is 2. The third-order valence-corrected chi connectivity index (χ3v) is 4.34. The smallest absolute Gasteiger partial charge is 0.307 e. The third-order valence-electron chi connectivity index (χ3n) is 3.33. The molecular formula is C19H20N2O4S. The highest BCUT2D eigenvalue weighted by Gasteiger charge is 2.18. The van der Waals surface area contributed by atoms with Crippen LogP contribution in [0.1, 0.15) is 23.7 Å². The number of amides is 2. The summed E-state index contributed by atoms with van der Waals surface area (Å²) in [4.78, 5) is 36.6. The molecule has 0 bridgehead atoms. The fourth-order valence-electron chi connectivity index (χ4n) is 1.96. The SMILES string of the molecule is C[C@@H](OC(=O)CCSc1ccccc1)C(=O)NNC(=O)c1ccccc1. The largest absolute Gasteiger partial charge is 0.452 e. The van der Waals surface area contributed by atoms with Crippen molar-refractivity contribution in [1.82, 2.24) is 10.9 Å². The van der Waals surface area contributed by atoms with Crippen molar-refractivity contribution >= 4 is 29.5 Å². The molecule has 136 valence electrons. The molecule has 6 nitrogen and oxygen atoms in total. The quantitative estimate of drug-likeness (QED) is 0.443. The molecule has 0 aromatic heterocycles. The number of carbonyl (C=O) groups excluding carboxylic acids is 3. The van der Waals surface area contributed by atoms with Crippen LogP contribution in [-0.2, 0) is 14.3 Å². The standard InChI is InChI=1S/C19H20N2O4S/c1-14(18(23)20-21-19(24)15-8-4-2-5-9-15)25-17(22)12-13-26-16-10-6-3-7-11-16/h2-11,14H,12-13H2,1H3,(H,20,23)(H,21,24)/t14-/m1/s1. The van der Waals surface area contributed by atoms with Crippen LogP contribution in [0.15, 0.2) is 65.6 Å². The number of nitrogens with one attached hydrogen (secondary N) is 2. The zero-order valence-corrected chi connectivity index (χ0v) is 15.1. The van der Waals surface area contributed by atoms with Gasteiger partial charge in [-0.15, -0.1) is 11.8 Å². The lowest BCUT2D eigenvalue weighted by Gasteiger charge is -2.14. The van der Waals surface area contributed by atoms with E-state index >= 15 is 0 Å². The second-order valence-electron chi connectivity index (χ2n) is 5.35. The molecule has 26 heavy (non-hydrogen) atoms. The number of ether oxygens (including phenoxy) is 1. The molecule has 2 N–H and O–H groups in total. The topological polar surface area (TPSA) is 84.5 Å². The first-order valence-electron chi connectivity index (χ1n) is 8.09. The van der Waals surface area contributed by atoms with Gasteiger partial charge in [0.1, 0.15) is 0 Å². The van der Waals surface area contributed by atoms with Gasteiger partial charge in [-0.2, -0.15) is 0 Å². The number of thioether (sulfide) groups is 1. The number of esters is 1. The highest BCUT2D eigenvalue weighted by atomic mass is 32.2. The Hall–Kier alpha value is -2.80. The first kappa shape index (κ1) is 19.5. The van der Waals surface area contributed by atoms with Gasteiger partial charge >= 0.3 is 5.97 Å². The van der Waals surface area contributed by atoms with Crippen LogP contribution in [0.4, 0.5) is 0 Å². The molecule has 0 fully saturated rings. The predicted octanol–water partition coefficient (Wildman–Crippen LogP) is 2.56. The van der Waals surface area contributed by atoms with Gasteiger partial charge in [0.25, 0.3) is 11.8 Å². The Balaban J connectivity index is 1.67. The monoisotopic (exact) mass is 372 g/mol. The molecular weight excluding hydrogens is 352 g/mol. The maximum Gasteiger partial charge on any atom is 0.307 e. The van der Waals surface area contributed by atoms with E-state index in [1.807, 2.05) is 30.3 Å². The van der Waals surface area contributed by atoms with Crippen molar-refractivity contribution in [2.24, 2.45) is 0 Å². The van der Waals surface area contributed by atoms with Gasteiger partial charge in [0.15, 0.2) is 6.10 Å². The van der Waals surface area contributed by atoms with Gasteiger partial charge in [0.05, 0.1) is 6.42 Å². The Morgan fingerprint density at radius 1 is 0.962 bits per heavy atom. The molecule has 0 unspecified atom stereocenters. The normalized spacial score (nSPS) is 11.3. The maximum absolute atomic E-state index is 11.9. The summed E-state index contributed by atoms with van der Waals surface area (Å²) in [5.74, 6) is -0.956. The lowest BCUT2D eigenvalue weighted by Crippen LogP contribution is -2.46. The molecule has 0 heterocycles. The molecule has 0 spiro atoms. The fourth-order valence-corrected chi connectivity index (χ4v) is 2.81. The van der Waals surface area contributed by atoms with Crippen LogP contribution in [-0.4, -0.2) is 29.6 Å². The average Bonchev–Trinajstić information content (AvgIpc) is 2.67. The number of benzene rings is 2. The van der Waals surface area contributed by atoms with E-state index in [0.29, 0.717) is 11.3 Å². The summed E-state index contributed by atoms with van der Waals surface area (Å²) in [5, 5.41) is 0. The van der Waals surface area contributed by atoms with Crippen molar-refractivity contribution in [3.8, 4) is 0 Å². The lowest BCUT2D eigenvalue weighted by molar-refractivity contribution is -0.154. The van der Waals surface area contributed by atoms with Crippen LogP contribution < -0.4 is 10.9 Å². The van der Waals surface area contributed by atoms with E-state index in [0.717, 1.165) is 4.90 Å². The van der Waals surface area contributed by atoms with Gasteiger partial charge in [-0.25, -0.2) is 0 Å². The zero-order valence-electron chi connectivity index (χ0n) is 14.3. The van der Waals surface area contributed by atoms with Crippen LogP contribution >= 0.6 is 11.8 Å². The Morgan fingerprint density at radius 2 is 1.58 bits per heavy atom. The van der Waals surface area contributed by atoms with Gasteiger partial charge in [-0.05, 0) is 31.2 Å². The number of hydrazine groups is 1. The Morgan fingerprint density at radius 3 is 2.23 bits per heavy atom. The van der Waals surface area contributed by atoms with Crippen LogP contribution in [0, 0.1) is 0 Å². The zero-order chi connectivity index (χ0) is 18.8. The Labute approximate surface area is 156 Å². The average molecular weight is 372 g/mol. The number of rotatable bonds is 7. The molecule has 2 amide bonds. The van der Waals surface area contributed by atoms with E-state index in [1.165, 1.54) is 18.7 Å². The van der Waals surface area contributed by atoms with Crippen molar-refractivity contribution in [1.29, 1.82) is 0 Å². The van der Waals surface area contributed by atoms with Crippen molar-refractivity contribution < 1.29 is 19.1 Å². The molecule has 2 aromatic carbocycles. The van der Waals surface area contributed by atoms with E-state index in [9.17, 15) is 14.4 Å². The summed E-state index contributed by atoms with van der Waals surface area (Å²) in [6.07, 6.45) is -0.812. The van der Waals surface area contributed by atoms with Crippen molar-refractivity contribution in [3.05, 3.63) is 66.2 Å².